The summed E-state index contributed by atoms with van der Waals surface area (Å²) < 4.78 is 13.3. The van der Waals surface area contributed by atoms with Crippen molar-refractivity contribution in [3.8, 4) is 0 Å². The monoisotopic (exact) mass is 454 g/mol. The number of carbonyl (C=O) groups excluding carboxylic acids is 2. The second kappa shape index (κ2) is 9.11. The van der Waals surface area contributed by atoms with E-state index >= 15 is 0 Å². The first kappa shape index (κ1) is 23.2. The number of carbonyl (C=O) groups is 2. The molecule has 2 aliphatic heterocycles. The number of aliphatic hydroxyl groups is 1. The fourth-order valence-corrected chi connectivity index (χ4v) is 4.52. The molecule has 3 amide bonds. The van der Waals surface area contributed by atoms with Crippen LogP contribution in [0, 0.1) is 19.7 Å². The van der Waals surface area contributed by atoms with Crippen LogP contribution in [0.3, 0.4) is 0 Å². The molecule has 176 valence electrons. The van der Waals surface area contributed by atoms with Gasteiger partial charge in [-0.15, -0.1) is 0 Å². The van der Waals surface area contributed by atoms with Crippen LogP contribution < -0.4 is 10.2 Å². The molecular formula is C25H31FN4O3. The van der Waals surface area contributed by atoms with Crippen molar-refractivity contribution in [2.75, 3.05) is 44.2 Å². The zero-order chi connectivity index (χ0) is 23.8. The Morgan fingerprint density at radius 2 is 1.67 bits per heavy atom. The van der Waals surface area contributed by atoms with Crippen molar-refractivity contribution in [1.82, 2.24) is 15.1 Å². The summed E-state index contributed by atoms with van der Waals surface area (Å²) in [7, 11) is 0. The molecule has 2 heterocycles. The Labute approximate surface area is 193 Å². The normalized spacial score (nSPS) is 22.6. The number of nitrogens with zero attached hydrogens (tertiary/aromatic N) is 3. The SMILES string of the molecule is Cc1ccc(N2CCN(CC(O)CN3C(=O)NC(C)(c4ccc(F)cc4)C3=O)CC2)cc1C. The topological polar surface area (TPSA) is 76.1 Å². The highest BCUT2D eigenvalue weighted by Gasteiger charge is 2.49. The number of imide groups is 1. The molecule has 2 unspecified atom stereocenters. The summed E-state index contributed by atoms with van der Waals surface area (Å²) >= 11 is 0. The number of β-amino-alcohol motifs (C(OH)–C–C–N with tert-alkyl or cyclic N) is 1. The van der Waals surface area contributed by atoms with Crippen molar-refractivity contribution < 1.29 is 19.1 Å². The predicted molar refractivity (Wildman–Crippen MR) is 125 cm³/mol. The summed E-state index contributed by atoms with van der Waals surface area (Å²) in [6, 6.07) is 11.4. The fourth-order valence-electron chi connectivity index (χ4n) is 4.52. The lowest BCUT2D eigenvalue weighted by molar-refractivity contribution is -0.132. The third-order valence-corrected chi connectivity index (χ3v) is 6.79. The van der Waals surface area contributed by atoms with Crippen molar-refractivity contribution in [2.45, 2.75) is 32.4 Å². The zero-order valence-corrected chi connectivity index (χ0v) is 19.3. The Hall–Kier alpha value is -2.97. The third-order valence-electron chi connectivity index (χ3n) is 6.79. The zero-order valence-electron chi connectivity index (χ0n) is 19.3. The number of aryl methyl sites for hydroxylation is 2. The van der Waals surface area contributed by atoms with E-state index < -0.39 is 29.4 Å². The van der Waals surface area contributed by atoms with Crippen LogP contribution in [0.15, 0.2) is 42.5 Å². The molecule has 4 rings (SSSR count). The van der Waals surface area contributed by atoms with E-state index in [9.17, 15) is 19.1 Å². The number of amides is 3. The molecule has 2 saturated heterocycles. The maximum absolute atomic E-state index is 13.3. The number of halogens is 1. The molecule has 2 aromatic rings. The summed E-state index contributed by atoms with van der Waals surface area (Å²) in [6.07, 6.45) is -0.858. The number of hydrogen-bond acceptors (Lipinski definition) is 5. The molecule has 0 bridgehead atoms. The minimum atomic E-state index is -1.28. The number of urea groups is 1. The molecule has 2 atom stereocenters. The van der Waals surface area contributed by atoms with Gasteiger partial charge in [-0.05, 0) is 61.7 Å². The van der Waals surface area contributed by atoms with Gasteiger partial charge < -0.3 is 15.3 Å². The van der Waals surface area contributed by atoms with E-state index in [0.717, 1.165) is 31.1 Å². The van der Waals surface area contributed by atoms with Crippen LogP contribution in [0.25, 0.3) is 0 Å². The van der Waals surface area contributed by atoms with Gasteiger partial charge in [-0.2, -0.15) is 0 Å². The summed E-state index contributed by atoms with van der Waals surface area (Å²) in [4.78, 5) is 31.1. The van der Waals surface area contributed by atoms with Gasteiger partial charge in [0, 0.05) is 38.4 Å². The second-order valence-corrected chi connectivity index (χ2v) is 9.19. The molecular weight excluding hydrogens is 423 g/mol. The van der Waals surface area contributed by atoms with E-state index in [2.05, 4.69) is 47.2 Å². The van der Waals surface area contributed by atoms with Crippen molar-refractivity contribution >= 4 is 17.6 Å². The summed E-state index contributed by atoms with van der Waals surface area (Å²) in [5.41, 5.74) is 2.98. The largest absolute Gasteiger partial charge is 0.390 e. The van der Waals surface area contributed by atoms with Crippen molar-refractivity contribution in [2.24, 2.45) is 0 Å². The molecule has 2 fully saturated rings. The molecule has 0 aliphatic carbocycles. The van der Waals surface area contributed by atoms with E-state index in [1.807, 2.05) is 0 Å². The first-order valence-electron chi connectivity index (χ1n) is 11.3. The first-order chi connectivity index (χ1) is 15.7. The van der Waals surface area contributed by atoms with Crippen LogP contribution in [0.5, 0.6) is 0 Å². The summed E-state index contributed by atoms with van der Waals surface area (Å²) in [5.74, 6) is -0.860. The minimum absolute atomic E-state index is 0.0845. The Morgan fingerprint density at radius 3 is 2.30 bits per heavy atom. The number of anilines is 1. The van der Waals surface area contributed by atoms with Crippen LogP contribution in [-0.2, 0) is 10.3 Å². The van der Waals surface area contributed by atoms with E-state index in [0.29, 0.717) is 12.1 Å². The highest BCUT2D eigenvalue weighted by molar-refractivity contribution is 6.07. The van der Waals surface area contributed by atoms with E-state index in [1.54, 1.807) is 6.92 Å². The lowest BCUT2D eigenvalue weighted by atomic mass is 9.92. The molecule has 2 N–H and O–H groups in total. The highest BCUT2D eigenvalue weighted by Crippen LogP contribution is 2.29. The Kier molecular flexibility index (Phi) is 6.41. The molecule has 33 heavy (non-hydrogen) atoms. The third kappa shape index (κ3) is 4.72. The van der Waals surface area contributed by atoms with Crippen LogP contribution >= 0.6 is 0 Å². The molecule has 0 radical (unpaired) electrons. The molecule has 8 heteroatoms. The molecule has 2 aliphatic rings. The lowest BCUT2D eigenvalue weighted by Gasteiger charge is -2.37. The molecule has 7 nitrogen and oxygen atoms in total. The molecule has 0 spiro atoms. The second-order valence-electron chi connectivity index (χ2n) is 9.19. The standard InChI is InChI=1S/C25H31FN4O3/c1-17-4-9-21(14-18(17)2)29-12-10-28(11-13-29)15-22(31)16-30-23(32)25(3,27-24(30)33)19-5-7-20(26)8-6-19/h4-9,14,22,31H,10-13,15-16H2,1-3H3,(H,27,33). The van der Waals surface area contributed by atoms with Gasteiger partial charge in [0.2, 0.25) is 0 Å². The fraction of sp³-hybridized carbons (Fsp3) is 0.440. The number of rotatable bonds is 6. The van der Waals surface area contributed by atoms with Gasteiger partial charge in [0.1, 0.15) is 11.4 Å². The van der Waals surface area contributed by atoms with Gasteiger partial charge in [0.25, 0.3) is 5.91 Å². The lowest BCUT2D eigenvalue weighted by Crippen LogP contribution is -2.50. The predicted octanol–water partition coefficient (Wildman–Crippen LogP) is 2.39. The maximum Gasteiger partial charge on any atom is 0.325 e. The van der Waals surface area contributed by atoms with Crippen LogP contribution in [0.4, 0.5) is 14.9 Å². The van der Waals surface area contributed by atoms with Gasteiger partial charge in [-0.1, -0.05) is 18.2 Å². The Morgan fingerprint density at radius 1 is 1.00 bits per heavy atom. The number of benzene rings is 2. The number of piperazine rings is 1. The Balaban J connectivity index is 1.32. The van der Waals surface area contributed by atoms with Crippen LogP contribution in [-0.4, -0.2) is 72.2 Å². The summed E-state index contributed by atoms with van der Waals surface area (Å²) in [5, 5.41) is 13.3. The number of nitrogens with one attached hydrogen (secondary N) is 1. The highest BCUT2D eigenvalue weighted by atomic mass is 19.1. The van der Waals surface area contributed by atoms with Crippen LogP contribution in [0.1, 0.15) is 23.6 Å². The van der Waals surface area contributed by atoms with E-state index in [-0.39, 0.29) is 6.54 Å². The first-order valence-corrected chi connectivity index (χ1v) is 11.3. The minimum Gasteiger partial charge on any atom is -0.390 e. The van der Waals surface area contributed by atoms with Gasteiger partial charge in [0.05, 0.1) is 12.6 Å². The van der Waals surface area contributed by atoms with Crippen molar-refractivity contribution in [3.63, 3.8) is 0 Å². The van der Waals surface area contributed by atoms with Gasteiger partial charge in [0.15, 0.2) is 0 Å². The number of aliphatic hydroxyl groups excluding tert-OH is 1. The van der Waals surface area contributed by atoms with Gasteiger partial charge in [-0.3, -0.25) is 14.6 Å². The quantitative estimate of drug-likeness (QED) is 0.656. The average molecular weight is 455 g/mol. The van der Waals surface area contributed by atoms with Gasteiger partial charge in [-0.25, -0.2) is 9.18 Å². The molecule has 0 saturated carbocycles. The average Bonchev–Trinajstić information content (AvgIpc) is 3.00. The van der Waals surface area contributed by atoms with E-state index in [1.165, 1.54) is 41.1 Å². The van der Waals surface area contributed by atoms with Crippen molar-refractivity contribution in [3.05, 3.63) is 65.0 Å². The Bertz CT molecular complexity index is 1040. The van der Waals surface area contributed by atoms with Gasteiger partial charge >= 0.3 is 6.03 Å². The van der Waals surface area contributed by atoms with E-state index in [4.69, 9.17) is 0 Å². The summed E-state index contributed by atoms with van der Waals surface area (Å²) in [6.45, 7) is 9.38. The van der Waals surface area contributed by atoms with Crippen molar-refractivity contribution in [1.29, 1.82) is 0 Å². The smallest absolute Gasteiger partial charge is 0.325 e. The van der Waals surface area contributed by atoms with Crippen LogP contribution in [0.2, 0.25) is 0 Å². The molecule has 2 aromatic carbocycles. The molecule has 0 aromatic heterocycles. The number of hydrogen-bond donors (Lipinski definition) is 2. The maximum atomic E-state index is 13.3.